The minimum absolute atomic E-state index is 0.00991. The number of hydrogen-bond donors (Lipinski definition) is 2. The number of benzene rings is 1. The lowest BCUT2D eigenvalue weighted by Gasteiger charge is -2.19. The second kappa shape index (κ2) is 10.8. The van der Waals surface area contributed by atoms with Gasteiger partial charge in [-0.25, -0.2) is 19.3 Å². The van der Waals surface area contributed by atoms with E-state index in [1.165, 1.54) is 16.9 Å². The third kappa shape index (κ3) is 5.49. The predicted octanol–water partition coefficient (Wildman–Crippen LogP) is 4.60. The molecule has 0 unspecified atom stereocenters. The van der Waals surface area contributed by atoms with E-state index in [0.29, 0.717) is 10.9 Å². The Morgan fingerprint density at radius 1 is 1.36 bits per heavy atom. The quantitative estimate of drug-likeness (QED) is 0.310. The Kier molecular flexibility index (Phi) is 7.35. The SMILES string of the molecule is C#Cc1nc(-c2cnn(C)c2-c2c(F)c(Cl)cc(OC3CC3)c2C#N)cc2c(CNC(=O)OC(C)(C)C)n[nH]c(=O)c12. The standard InChI is InChI=1S/C29H25ClFN7O4/c1-6-19-23-15(21(36-37-27(23)39)13-33-28(40)42-29(2,3)4)9-20(35-19)17-12-34-38(5)26(17)24-16(11-32)22(41-14-7-8-14)10-18(30)25(24)31/h1,9-10,12,14H,7-8,13H2,2-5H3,(H,33,40)(H,37,39). The van der Waals surface area contributed by atoms with Crippen LogP contribution in [0.5, 0.6) is 5.75 Å². The van der Waals surface area contributed by atoms with E-state index < -0.39 is 23.1 Å². The number of aryl methyl sites for hydroxylation is 1. The number of alkyl carbamates (subject to hydrolysis) is 1. The van der Waals surface area contributed by atoms with Gasteiger partial charge < -0.3 is 14.8 Å². The lowest BCUT2D eigenvalue weighted by molar-refractivity contribution is 0.0523. The summed E-state index contributed by atoms with van der Waals surface area (Å²) in [7, 11) is 1.58. The molecule has 1 fully saturated rings. The smallest absolute Gasteiger partial charge is 0.407 e. The van der Waals surface area contributed by atoms with Gasteiger partial charge in [0.15, 0.2) is 5.82 Å². The second-order valence-corrected chi connectivity index (χ2v) is 11.1. The fourth-order valence-corrected chi connectivity index (χ4v) is 4.59. The number of pyridine rings is 1. The third-order valence-corrected chi connectivity index (χ3v) is 6.63. The summed E-state index contributed by atoms with van der Waals surface area (Å²) in [6.45, 7) is 5.07. The van der Waals surface area contributed by atoms with Gasteiger partial charge in [-0.05, 0) is 45.6 Å². The molecule has 4 aromatic rings. The maximum absolute atomic E-state index is 15.7. The van der Waals surface area contributed by atoms with Crippen molar-refractivity contribution in [1.82, 2.24) is 30.3 Å². The normalized spacial score (nSPS) is 13.0. The molecule has 13 heteroatoms. The summed E-state index contributed by atoms with van der Waals surface area (Å²) < 4.78 is 28.2. The number of hydrogen-bond acceptors (Lipinski definition) is 8. The zero-order valence-corrected chi connectivity index (χ0v) is 23.9. The fraction of sp³-hybridized carbons (Fsp3) is 0.310. The van der Waals surface area contributed by atoms with E-state index in [1.54, 1.807) is 33.9 Å². The molecule has 2 N–H and O–H groups in total. The van der Waals surface area contributed by atoms with Gasteiger partial charge in [0, 0.05) is 24.1 Å². The first-order valence-electron chi connectivity index (χ1n) is 12.9. The van der Waals surface area contributed by atoms with Gasteiger partial charge in [-0.2, -0.15) is 15.5 Å². The van der Waals surface area contributed by atoms with Crippen molar-refractivity contribution in [3.8, 4) is 46.7 Å². The molecule has 3 aromatic heterocycles. The van der Waals surface area contributed by atoms with Crippen LogP contribution >= 0.6 is 11.6 Å². The van der Waals surface area contributed by atoms with Crippen molar-refractivity contribution in [3.05, 3.63) is 56.5 Å². The number of nitriles is 1. The van der Waals surface area contributed by atoms with Gasteiger partial charge in [0.1, 0.15) is 28.7 Å². The minimum Gasteiger partial charge on any atom is -0.489 e. The highest BCUT2D eigenvalue weighted by atomic mass is 35.5. The van der Waals surface area contributed by atoms with Crippen LogP contribution < -0.4 is 15.6 Å². The summed E-state index contributed by atoms with van der Waals surface area (Å²) in [5.74, 6) is 1.75. The van der Waals surface area contributed by atoms with Crippen LogP contribution in [0.3, 0.4) is 0 Å². The highest BCUT2D eigenvalue weighted by molar-refractivity contribution is 6.31. The summed E-state index contributed by atoms with van der Waals surface area (Å²) in [6, 6.07) is 4.88. The molecule has 0 spiro atoms. The molecule has 1 aliphatic carbocycles. The van der Waals surface area contributed by atoms with Gasteiger partial charge in [0.25, 0.3) is 5.56 Å². The van der Waals surface area contributed by atoms with Crippen LogP contribution in [0.4, 0.5) is 9.18 Å². The fourth-order valence-electron chi connectivity index (χ4n) is 4.40. The van der Waals surface area contributed by atoms with Gasteiger partial charge in [0.2, 0.25) is 0 Å². The van der Waals surface area contributed by atoms with E-state index in [-0.39, 0.29) is 62.7 Å². The van der Waals surface area contributed by atoms with Crippen molar-refractivity contribution in [2.75, 3.05) is 0 Å². The number of rotatable bonds is 6. The third-order valence-electron chi connectivity index (χ3n) is 6.35. The summed E-state index contributed by atoms with van der Waals surface area (Å²) >= 11 is 6.26. The highest BCUT2D eigenvalue weighted by Gasteiger charge is 2.30. The van der Waals surface area contributed by atoms with E-state index in [0.717, 1.165) is 12.8 Å². The second-order valence-electron chi connectivity index (χ2n) is 10.7. The average Bonchev–Trinajstić information content (AvgIpc) is 3.67. The number of nitrogens with one attached hydrogen (secondary N) is 2. The summed E-state index contributed by atoms with van der Waals surface area (Å²) in [5, 5.41) is 23.6. The van der Waals surface area contributed by atoms with Crippen molar-refractivity contribution in [2.24, 2.45) is 7.05 Å². The molecule has 11 nitrogen and oxygen atoms in total. The zero-order chi connectivity index (χ0) is 30.3. The van der Waals surface area contributed by atoms with Crippen molar-refractivity contribution in [2.45, 2.75) is 51.9 Å². The molecule has 5 rings (SSSR count). The van der Waals surface area contributed by atoms with E-state index in [2.05, 4.69) is 31.5 Å². The number of amides is 1. The highest BCUT2D eigenvalue weighted by Crippen LogP contribution is 2.42. The van der Waals surface area contributed by atoms with Crippen LogP contribution in [0.2, 0.25) is 5.02 Å². The maximum atomic E-state index is 15.7. The molecule has 1 saturated carbocycles. The van der Waals surface area contributed by atoms with E-state index >= 15 is 4.39 Å². The number of fused-ring (bicyclic) bond motifs is 1. The number of halogens is 2. The van der Waals surface area contributed by atoms with Gasteiger partial charge in [-0.15, -0.1) is 6.42 Å². The number of nitrogens with zero attached hydrogens (tertiary/aromatic N) is 5. The molecule has 0 aliphatic heterocycles. The lowest BCUT2D eigenvalue weighted by atomic mass is 9.97. The number of carbonyl (C=O) groups is 1. The maximum Gasteiger partial charge on any atom is 0.407 e. The van der Waals surface area contributed by atoms with Gasteiger partial charge in [0.05, 0.1) is 51.9 Å². The number of terminal acetylenes is 1. The Hall–Kier alpha value is -4.94. The molecule has 42 heavy (non-hydrogen) atoms. The first-order chi connectivity index (χ1) is 19.9. The number of aromatic amines is 1. The monoisotopic (exact) mass is 589 g/mol. The Morgan fingerprint density at radius 2 is 2.10 bits per heavy atom. The summed E-state index contributed by atoms with van der Waals surface area (Å²) in [5.41, 5.74) is -0.502. The van der Waals surface area contributed by atoms with Crippen LogP contribution in [0.1, 0.15) is 50.6 Å². The Balaban J connectivity index is 1.69. The van der Waals surface area contributed by atoms with Crippen LogP contribution in [0.15, 0.2) is 23.1 Å². The van der Waals surface area contributed by atoms with Gasteiger partial charge in [-0.1, -0.05) is 11.6 Å². The molecule has 214 valence electrons. The van der Waals surface area contributed by atoms with Crippen molar-refractivity contribution >= 4 is 28.5 Å². The molecule has 3 heterocycles. The van der Waals surface area contributed by atoms with Crippen LogP contribution in [0.25, 0.3) is 33.3 Å². The van der Waals surface area contributed by atoms with E-state index in [4.69, 9.17) is 27.5 Å². The van der Waals surface area contributed by atoms with Crippen molar-refractivity contribution in [1.29, 1.82) is 5.26 Å². The summed E-state index contributed by atoms with van der Waals surface area (Å²) in [4.78, 5) is 29.6. The zero-order valence-electron chi connectivity index (χ0n) is 23.1. The van der Waals surface area contributed by atoms with Crippen LogP contribution in [-0.2, 0) is 18.3 Å². The Bertz CT molecular complexity index is 1890. The topological polar surface area (TPSA) is 148 Å². The first kappa shape index (κ1) is 28.6. The molecule has 0 radical (unpaired) electrons. The molecule has 0 saturated heterocycles. The molecule has 0 atom stereocenters. The minimum atomic E-state index is -0.834. The molecule has 1 amide bonds. The Morgan fingerprint density at radius 3 is 2.74 bits per heavy atom. The average molecular weight is 590 g/mol. The van der Waals surface area contributed by atoms with Crippen molar-refractivity contribution in [3.63, 3.8) is 0 Å². The van der Waals surface area contributed by atoms with Crippen LogP contribution in [-0.4, -0.2) is 42.8 Å². The Labute approximate surface area is 244 Å². The number of carbonyl (C=O) groups excluding carboxylic acids is 1. The van der Waals surface area contributed by atoms with Crippen LogP contribution in [0, 0.1) is 29.5 Å². The first-order valence-corrected chi connectivity index (χ1v) is 13.3. The summed E-state index contributed by atoms with van der Waals surface area (Å²) in [6.07, 6.45) is 8.07. The lowest BCUT2D eigenvalue weighted by Crippen LogP contribution is -2.32. The number of aromatic nitrogens is 5. The van der Waals surface area contributed by atoms with Crippen molar-refractivity contribution < 1.29 is 18.7 Å². The largest absolute Gasteiger partial charge is 0.489 e. The molecular formula is C29H25ClFN7O4. The van der Waals surface area contributed by atoms with Gasteiger partial charge in [-0.3, -0.25) is 9.48 Å². The number of ether oxygens (including phenoxy) is 2. The molecule has 1 aliphatic rings. The van der Waals surface area contributed by atoms with E-state index in [1.807, 2.05) is 6.07 Å². The predicted molar refractivity (Wildman–Crippen MR) is 152 cm³/mol. The number of H-pyrrole nitrogens is 1. The molecular weight excluding hydrogens is 565 g/mol. The van der Waals surface area contributed by atoms with Gasteiger partial charge >= 0.3 is 6.09 Å². The molecule has 1 aromatic carbocycles. The van der Waals surface area contributed by atoms with E-state index in [9.17, 15) is 14.9 Å². The molecule has 0 bridgehead atoms.